The molecular weight excluding hydrogens is 254 g/mol. The molecular formula is C16H23NO3. The van der Waals surface area contributed by atoms with Crippen molar-refractivity contribution < 1.29 is 14.6 Å². The van der Waals surface area contributed by atoms with E-state index in [-0.39, 0.29) is 11.8 Å². The van der Waals surface area contributed by atoms with Gasteiger partial charge in [-0.3, -0.25) is 4.79 Å². The van der Waals surface area contributed by atoms with Gasteiger partial charge < -0.3 is 15.2 Å². The molecule has 0 radical (unpaired) electrons. The Kier molecular flexibility index (Phi) is 5.15. The Balaban J connectivity index is 1.93. The lowest BCUT2D eigenvalue weighted by Crippen LogP contribution is -2.47. The van der Waals surface area contributed by atoms with Gasteiger partial charge in [0, 0.05) is 32.6 Å². The lowest BCUT2D eigenvalue weighted by molar-refractivity contribution is -0.125. The lowest BCUT2D eigenvalue weighted by Gasteiger charge is -2.32. The number of hydrogen-bond donors (Lipinski definition) is 2. The van der Waals surface area contributed by atoms with E-state index in [0.29, 0.717) is 32.6 Å². The van der Waals surface area contributed by atoms with Crippen LogP contribution >= 0.6 is 0 Å². The van der Waals surface area contributed by atoms with E-state index < -0.39 is 5.60 Å². The van der Waals surface area contributed by atoms with Crippen LogP contribution in [0.15, 0.2) is 30.3 Å². The van der Waals surface area contributed by atoms with Crippen LogP contribution in [0.3, 0.4) is 0 Å². The summed E-state index contributed by atoms with van der Waals surface area (Å²) in [4.78, 5) is 12.3. The van der Waals surface area contributed by atoms with E-state index in [1.165, 1.54) is 0 Å². The molecule has 1 saturated heterocycles. The van der Waals surface area contributed by atoms with E-state index in [1.807, 2.05) is 37.3 Å². The molecule has 4 heteroatoms. The summed E-state index contributed by atoms with van der Waals surface area (Å²) >= 11 is 0. The van der Waals surface area contributed by atoms with Crippen LogP contribution in [0.25, 0.3) is 0 Å². The minimum atomic E-state index is -0.817. The minimum absolute atomic E-state index is 0.0152. The average Bonchev–Trinajstić information content (AvgIpc) is 2.48. The molecule has 4 nitrogen and oxygen atoms in total. The molecule has 1 aromatic carbocycles. The molecule has 2 rings (SSSR count). The molecule has 1 unspecified atom stereocenters. The number of aliphatic hydroxyl groups is 1. The number of rotatable bonds is 5. The third-order valence-electron chi connectivity index (χ3n) is 3.94. The summed E-state index contributed by atoms with van der Waals surface area (Å²) in [5.74, 6) is -0.168. The molecule has 1 heterocycles. The van der Waals surface area contributed by atoms with Crippen LogP contribution in [-0.4, -0.2) is 36.4 Å². The van der Waals surface area contributed by atoms with Crippen molar-refractivity contribution in [3.05, 3.63) is 35.9 Å². The molecule has 0 spiro atoms. The van der Waals surface area contributed by atoms with Crippen molar-refractivity contribution in [1.29, 1.82) is 0 Å². The predicted octanol–water partition coefficient (Wildman–Crippen LogP) is 1.84. The smallest absolute Gasteiger partial charge is 0.227 e. The van der Waals surface area contributed by atoms with Gasteiger partial charge in [0.25, 0.3) is 0 Å². The highest BCUT2D eigenvalue weighted by atomic mass is 16.5. The predicted molar refractivity (Wildman–Crippen MR) is 77.5 cm³/mol. The third-order valence-corrected chi connectivity index (χ3v) is 3.94. The molecule has 1 fully saturated rings. The van der Waals surface area contributed by atoms with Crippen molar-refractivity contribution in [2.24, 2.45) is 0 Å². The molecule has 20 heavy (non-hydrogen) atoms. The molecule has 1 aliphatic heterocycles. The zero-order valence-electron chi connectivity index (χ0n) is 12.0. The van der Waals surface area contributed by atoms with Gasteiger partial charge in [0.05, 0.1) is 11.5 Å². The van der Waals surface area contributed by atoms with E-state index in [9.17, 15) is 9.90 Å². The largest absolute Gasteiger partial charge is 0.388 e. The summed E-state index contributed by atoms with van der Waals surface area (Å²) in [6.07, 6.45) is 1.90. The Morgan fingerprint density at radius 1 is 1.35 bits per heavy atom. The Morgan fingerprint density at radius 2 is 2.00 bits per heavy atom. The number of carbonyl (C=O) groups excluding carboxylic acids is 1. The van der Waals surface area contributed by atoms with E-state index >= 15 is 0 Å². The van der Waals surface area contributed by atoms with Crippen LogP contribution < -0.4 is 5.32 Å². The maximum atomic E-state index is 12.3. The Hall–Kier alpha value is -1.39. The van der Waals surface area contributed by atoms with Gasteiger partial charge in [0.2, 0.25) is 5.91 Å². The van der Waals surface area contributed by atoms with Crippen LogP contribution in [0, 0.1) is 0 Å². The number of nitrogens with one attached hydrogen (secondary N) is 1. The van der Waals surface area contributed by atoms with Gasteiger partial charge in [-0.2, -0.15) is 0 Å². The van der Waals surface area contributed by atoms with Gasteiger partial charge in [0.15, 0.2) is 0 Å². The lowest BCUT2D eigenvalue weighted by atomic mass is 9.92. The van der Waals surface area contributed by atoms with Gasteiger partial charge in [-0.15, -0.1) is 0 Å². The molecule has 0 bridgehead atoms. The van der Waals surface area contributed by atoms with Crippen molar-refractivity contribution in [3.63, 3.8) is 0 Å². The topological polar surface area (TPSA) is 58.6 Å². The quantitative estimate of drug-likeness (QED) is 0.863. The second-order valence-electron chi connectivity index (χ2n) is 5.43. The summed E-state index contributed by atoms with van der Waals surface area (Å²) in [6.45, 7) is 3.42. The van der Waals surface area contributed by atoms with Crippen molar-refractivity contribution >= 4 is 5.91 Å². The molecule has 1 atom stereocenters. The molecule has 0 aliphatic carbocycles. The summed E-state index contributed by atoms with van der Waals surface area (Å²) in [5, 5.41) is 13.2. The maximum Gasteiger partial charge on any atom is 0.227 e. The number of hydrogen-bond acceptors (Lipinski definition) is 3. The number of carbonyl (C=O) groups is 1. The zero-order valence-corrected chi connectivity index (χ0v) is 12.0. The van der Waals surface area contributed by atoms with Gasteiger partial charge >= 0.3 is 0 Å². The first-order valence-electron chi connectivity index (χ1n) is 7.27. The van der Waals surface area contributed by atoms with E-state index in [4.69, 9.17) is 4.74 Å². The zero-order chi connectivity index (χ0) is 14.4. The highest BCUT2D eigenvalue weighted by molar-refractivity contribution is 5.83. The third kappa shape index (κ3) is 3.81. The van der Waals surface area contributed by atoms with Crippen LogP contribution in [0.1, 0.15) is 37.7 Å². The van der Waals surface area contributed by atoms with Crippen molar-refractivity contribution in [3.8, 4) is 0 Å². The molecule has 1 amide bonds. The average molecular weight is 277 g/mol. The fraction of sp³-hybridized carbons (Fsp3) is 0.562. The van der Waals surface area contributed by atoms with Gasteiger partial charge in [0.1, 0.15) is 0 Å². The summed E-state index contributed by atoms with van der Waals surface area (Å²) in [7, 11) is 0. The Morgan fingerprint density at radius 3 is 2.60 bits per heavy atom. The molecule has 0 saturated carbocycles. The normalized spacial score (nSPS) is 19.3. The van der Waals surface area contributed by atoms with Crippen molar-refractivity contribution in [1.82, 2.24) is 5.32 Å². The molecule has 110 valence electrons. The van der Waals surface area contributed by atoms with E-state index in [2.05, 4.69) is 5.32 Å². The maximum absolute atomic E-state index is 12.3. The summed E-state index contributed by atoms with van der Waals surface area (Å²) in [6, 6.07) is 9.77. The second-order valence-corrected chi connectivity index (χ2v) is 5.43. The van der Waals surface area contributed by atoms with Crippen LogP contribution in [0.5, 0.6) is 0 Å². The molecule has 2 N–H and O–H groups in total. The number of ether oxygens (including phenoxy) is 1. The van der Waals surface area contributed by atoms with Gasteiger partial charge in [-0.25, -0.2) is 0 Å². The first-order chi connectivity index (χ1) is 9.64. The SMILES string of the molecule is CCC(C(=O)NCC1(O)CCOCC1)c1ccccc1. The summed E-state index contributed by atoms with van der Waals surface area (Å²) < 4.78 is 5.24. The standard InChI is InChI=1S/C16H23NO3/c1-2-14(13-6-4-3-5-7-13)15(18)17-12-16(19)8-10-20-11-9-16/h3-7,14,19H,2,8-12H2,1H3,(H,17,18). The van der Waals surface area contributed by atoms with Crippen LogP contribution in [0.4, 0.5) is 0 Å². The monoisotopic (exact) mass is 277 g/mol. The first-order valence-corrected chi connectivity index (χ1v) is 7.27. The van der Waals surface area contributed by atoms with Crippen molar-refractivity contribution in [2.45, 2.75) is 37.7 Å². The van der Waals surface area contributed by atoms with Crippen LogP contribution in [0.2, 0.25) is 0 Å². The van der Waals surface area contributed by atoms with E-state index in [1.54, 1.807) is 0 Å². The van der Waals surface area contributed by atoms with Crippen molar-refractivity contribution in [2.75, 3.05) is 19.8 Å². The molecule has 1 aliphatic rings. The Labute approximate surface area is 120 Å². The van der Waals surface area contributed by atoms with Gasteiger partial charge in [-0.1, -0.05) is 37.3 Å². The summed E-state index contributed by atoms with van der Waals surface area (Å²) in [5.41, 5.74) is 0.203. The molecule has 0 aromatic heterocycles. The fourth-order valence-electron chi connectivity index (χ4n) is 2.56. The first kappa shape index (κ1) is 15.0. The molecule has 1 aromatic rings. The highest BCUT2D eigenvalue weighted by Gasteiger charge is 2.31. The highest BCUT2D eigenvalue weighted by Crippen LogP contribution is 2.22. The van der Waals surface area contributed by atoms with Gasteiger partial charge in [-0.05, 0) is 12.0 Å². The second kappa shape index (κ2) is 6.86. The number of benzene rings is 1. The number of amides is 1. The van der Waals surface area contributed by atoms with E-state index in [0.717, 1.165) is 12.0 Å². The minimum Gasteiger partial charge on any atom is -0.388 e. The Bertz CT molecular complexity index is 427. The fourth-order valence-corrected chi connectivity index (χ4v) is 2.56. The van der Waals surface area contributed by atoms with Crippen LogP contribution in [-0.2, 0) is 9.53 Å².